The molecule has 20 heavy (non-hydrogen) atoms. The Morgan fingerprint density at radius 1 is 1.20 bits per heavy atom. The molecule has 1 saturated carbocycles. The van der Waals surface area contributed by atoms with Crippen molar-refractivity contribution in [3.05, 3.63) is 11.9 Å². The number of nitrogens with zero attached hydrogens (tertiary/aromatic N) is 2. The molecule has 1 fully saturated rings. The molecular weight excluding hydrogens is 250 g/mol. The molecule has 2 rings (SSSR count). The molecule has 1 aliphatic rings. The number of nitrogens with two attached hydrogens (primary N) is 1. The maximum atomic E-state index is 5.47. The fourth-order valence-electron chi connectivity index (χ4n) is 2.67. The Kier molecular flexibility index (Phi) is 5.17. The summed E-state index contributed by atoms with van der Waals surface area (Å²) in [5.74, 6) is 9.78. The van der Waals surface area contributed by atoms with Gasteiger partial charge in [0.1, 0.15) is 17.5 Å². The third-order valence-electron chi connectivity index (χ3n) is 4.12. The zero-order chi connectivity index (χ0) is 14.5. The number of hydrazine groups is 1. The smallest absolute Gasteiger partial charge is 0.145 e. The summed E-state index contributed by atoms with van der Waals surface area (Å²) in [6, 6.07) is 1.87. The zero-order valence-electron chi connectivity index (χ0n) is 12.8. The maximum absolute atomic E-state index is 5.47. The minimum Gasteiger partial charge on any atom is -0.370 e. The molecule has 0 aliphatic heterocycles. The molecule has 0 spiro atoms. The minimum atomic E-state index is 0.291. The highest BCUT2D eigenvalue weighted by atomic mass is 15.3. The van der Waals surface area contributed by atoms with Gasteiger partial charge in [-0.25, -0.2) is 15.8 Å². The highest BCUT2D eigenvalue weighted by Crippen LogP contribution is 2.28. The van der Waals surface area contributed by atoms with Crippen LogP contribution in [0.4, 0.5) is 11.6 Å². The second-order valence-corrected chi connectivity index (χ2v) is 6.30. The van der Waals surface area contributed by atoms with E-state index in [1.807, 2.05) is 6.07 Å². The van der Waals surface area contributed by atoms with E-state index in [0.29, 0.717) is 11.7 Å². The number of nitrogen functional groups attached to an aromatic ring is 1. The average Bonchev–Trinajstić information content (AvgIpc) is 2.46. The first-order valence-corrected chi connectivity index (χ1v) is 7.68. The van der Waals surface area contributed by atoms with Crippen LogP contribution in [0.1, 0.15) is 58.2 Å². The Morgan fingerprint density at radius 3 is 2.45 bits per heavy atom. The summed E-state index contributed by atoms with van der Waals surface area (Å²) in [7, 11) is 0. The second kappa shape index (κ2) is 6.88. The summed E-state index contributed by atoms with van der Waals surface area (Å²) in [4.78, 5) is 8.93. The van der Waals surface area contributed by atoms with E-state index < -0.39 is 0 Å². The van der Waals surface area contributed by atoms with Gasteiger partial charge in [0.15, 0.2) is 0 Å². The predicted molar refractivity (Wildman–Crippen MR) is 83.5 cm³/mol. The van der Waals surface area contributed by atoms with E-state index in [1.165, 1.54) is 25.7 Å². The van der Waals surface area contributed by atoms with Crippen LogP contribution in [0.5, 0.6) is 0 Å². The molecule has 0 aromatic carbocycles. The normalized spacial score (nSPS) is 22.9. The lowest BCUT2D eigenvalue weighted by Crippen LogP contribution is -2.21. The van der Waals surface area contributed by atoms with Gasteiger partial charge in [-0.3, -0.25) is 0 Å². The third-order valence-corrected chi connectivity index (χ3v) is 4.12. The SMILES string of the molecule is CC1CCC(CNc2cc(NN)nc(C(C)C)n2)CC1. The molecule has 0 saturated heterocycles. The van der Waals surface area contributed by atoms with Crippen LogP contribution >= 0.6 is 0 Å². The lowest BCUT2D eigenvalue weighted by Gasteiger charge is -2.26. The fourth-order valence-corrected chi connectivity index (χ4v) is 2.67. The Labute approximate surface area is 121 Å². The summed E-state index contributed by atoms with van der Waals surface area (Å²) >= 11 is 0. The van der Waals surface area contributed by atoms with Gasteiger partial charge in [0.2, 0.25) is 0 Å². The first-order chi connectivity index (χ1) is 9.58. The van der Waals surface area contributed by atoms with Crippen LogP contribution < -0.4 is 16.6 Å². The van der Waals surface area contributed by atoms with Gasteiger partial charge in [0.25, 0.3) is 0 Å². The molecule has 1 aromatic rings. The topological polar surface area (TPSA) is 75.9 Å². The average molecular weight is 277 g/mol. The molecule has 5 heteroatoms. The molecule has 0 radical (unpaired) electrons. The first kappa shape index (κ1) is 15.0. The molecule has 112 valence electrons. The highest BCUT2D eigenvalue weighted by Gasteiger charge is 2.18. The van der Waals surface area contributed by atoms with Crippen LogP contribution in [0.2, 0.25) is 0 Å². The summed E-state index contributed by atoms with van der Waals surface area (Å²) in [5, 5.41) is 3.45. The number of aromatic nitrogens is 2. The van der Waals surface area contributed by atoms with Crippen LogP contribution in [-0.2, 0) is 0 Å². The van der Waals surface area contributed by atoms with Crippen molar-refractivity contribution < 1.29 is 0 Å². The van der Waals surface area contributed by atoms with Gasteiger partial charge in [0.05, 0.1) is 0 Å². The summed E-state index contributed by atoms with van der Waals surface area (Å²) in [6.07, 6.45) is 5.34. The monoisotopic (exact) mass is 277 g/mol. The van der Waals surface area contributed by atoms with E-state index in [-0.39, 0.29) is 0 Å². The van der Waals surface area contributed by atoms with E-state index >= 15 is 0 Å². The minimum absolute atomic E-state index is 0.291. The van der Waals surface area contributed by atoms with E-state index in [2.05, 4.69) is 41.5 Å². The molecule has 0 atom stereocenters. The molecule has 0 amide bonds. The van der Waals surface area contributed by atoms with Gasteiger partial charge in [-0.15, -0.1) is 0 Å². The van der Waals surface area contributed by atoms with E-state index in [0.717, 1.165) is 30.0 Å². The van der Waals surface area contributed by atoms with Crippen molar-refractivity contribution in [1.82, 2.24) is 9.97 Å². The van der Waals surface area contributed by atoms with Crippen molar-refractivity contribution in [3.63, 3.8) is 0 Å². The van der Waals surface area contributed by atoms with Crippen LogP contribution in [0.25, 0.3) is 0 Å². The molecule has 4 N–H and O–H groups in total. The van der Waals surface area contributed by atoms with Gasteiger partial charge >= 0.3 is 0 Å². The van der Waals surface area contributed by atoms with E-state index in [1.54, 1.807) is 0 Å². The van der Waals surface area contributed by atoms with E-state index in [4.69, 9.17) is 5.84 Å². The molecular formula is C15H27N5. The molecule has 1 aliphatic carbocycles. The van der Waals surface area contributed by atoms with Crippen molar-refractivity contribution in [2.24, 2.45) is 17.7 Å². The molecule has 1 aromatic heterocycles. The Bertz CT molecular complexity index is 424. The highest BCUT2D eigenvalue weighted by molar-refractivity contribution is 5.47. The van der Waals surface area contributed by atoms with Crippen LogP contribution in [0.15, 0.2) is 6.07 Å². The third kappa shape index (κ3) is 4.07. The van der Waals surface area contributed by atoms with Crippen molar-refractivity contribution in [2.45, 2.75) is 52.4 Å². The second-order valence-electron chi connectivity index (χ2n) is 6.30. The van der Waals surface area contributed by atoms with Crippen molar-refractivity contribution in [1.29, 1.82) is 0 Å². The van der Waals surface area contributed by atoms with Crippen molar-refractivity contribution in [2.75, 3.05) is 17.3 Å². The zero-order valence-corrected chi connectivity index (χ0v) is 12.8. The number of anilines is 2. The van der Waals surface area contributed by atoms with Crippen LogP contribution in [-0.4, -0.2) is 16.5 Å². The summed E-state index contributed by atoms with van der Waals surface area (Å²) in [6.45, 7) is 7.51. The Balaban J connectivity index is 1.96. The van der Waals surface area contributed by atoms with Crippen LogP contribution in [0.3, 0.4) is 0 Å². The summed E-state index contributed by atoms with van der Waals surface area (Å²) in [5.41, 5.74) is 2.62. The van der Waals surface area contributed by atoms with Crippen molar-refractivity contribution >= 4 is 11.6 Å². The number of rotatable bonds is 5. The standard InChI is InChI=1S/C15H27N5/c1-10(2)15-18-13(8-14(19-15)20-16)17-9-12-6-4-11(3)5-7-12/h8,10-12H,4-7,9,16H2,1-3H3,(H2,17,18,19,20). The summed E-state index contributed by atoms with van der Waals surface area (Å²) < 4.78 is 0. The van der Waals surface area contributed by atoms with Gasteiger partial charge in [-0.2, -0.15) is 0 Å². The predicted octanol–water partition coefficient (Wildman–Crippen LogP) is 3.12. The van der Waals surface area contributed by atoms with E-state index in [9.17, 15) is 0 Å². The maximum Gasteiger partial charge on any atom is 0.145 e. The Morgan fingerprint density at radius 2 is 1.85 bits per heavy atom. The first-order valence-electron chi connectivity index (χ1n) is 7.68. The van der Waals surface area contributed by atoms with Gasteiger partial charge < -0.3 is 10.7 Å². The lowest BCUT2D eigenvalue weighted by molar-refractivity contribution is 0.300. The molecule has 5 nitrogen and oxygen atoms in total. The fraction of sp³-hybridized carbons (Fsp3) is 0.733. The Hall–Kier alpha value is -1.36. The number of nitrogens with one attached hydrogen (secondary N) is 2. The van der Waals surface area contributed by atoms with Crippen LogP contribution in [0, 0.1) is 11.8 Å². The van der Waals surface area contributed by atoms with Gasteiger partial charge in [-0.05, 0) is 24.7 Å². The molecule has 1 heterocycles. The van der Waals surface area contributed by atoms with Gasteiger partial charge in [-0.1, -0.05) is 33.6 Å². The molecule has 0 unspecified atom stereocenters. The quantitative estimate of drug-likeness (QED) is 0.569. The number of hydrogen-bond acceptors (Lipinski definition) is 5. The van der Waals surface area contributed by atoms with Gasteiger partial charge in [0, 0.05) is 18.5 Å². The lowest BCUT2D eigenvalue weighted by atomic mass is 9.83. The molecule has 0 bridgehead atoms. The van der Waals surface area contributed by atoms with Crippen molar-refractivity contribution in [3.8, 4) is 0 Å². The number of hydrogen-bond donors (Lipinski definition) is 3. The largest absolute Gasteiger partial charge is 0.370 e.